The molecule has 2 atom stereocenters. The third kappa shape index (κ3) is 2.36. The van der Waals surface area contributed by atoms with Crippen LogP contribution in [0.5, 0.6) is 5.75 Å². The molecule has 0 aliphatic carbocycles. The molecule has 3 rings (SSSR count). The Morgan fingerprint density at radius 2 is 2.16 bits per heavy atom. The molecule has 100 valence electrons. The maximum absolute atomic E-state index is 9.69. The van der Waals surface area contributed by atoms with Gasteiger partial charge in [-0.3, -0.25) is 0 Å². The van der Waals surface area contributed by atoms with Crippen molar-refractivity contribution < 1.29 is 5.11 Å². The zero-order chi connectivity index (χ0) is 13.4. The van der Waals surface area contributed by atoms with Crippen LogP contribution < -0.4 is 10.6 Å². The van der Waals surface area contributed by atoms with E-state index >= 15 is 0 Å². The molecule has 4 nitrogen and oxygen atoms in total. The van der Waals surface area contributed by atoms with Crippen LogP contribution in [0, 0.1) is 5.92 Å². The van der Waals surface area contributed by atoms with Gasteiger partial charge in [0.25, 0.3) is 0 Å². The first kappa shape index (κ1) is 12.2. The van der Waals surface area contributed by atoms with Crippen LogP contribution in [0.15, 0.2) is 30.5 Å². The highest BCUT2D eigenvalue weighted by Crippen LogP contribution is 2.30. The van der Waals surface area contributed by atoms with Crippen LogP contribution in [0.2, 0.25) is 0 Å². The topological polar surface area (TPSA) is 62.4 Å². The summed E-state index contributed by atoms with van der Waals surface area (Å²) in [6, 6.07) is 7.56. The van der Waals surface area contributed by atoms with Crippen molar-refractivity contribution in [2.24, 2.45) is 11.7 Å². The summed E-state index contributed by atoms with van der Waals surface area (Å²) in [5.74, 6) is 1.77. The van der Waals surface area contributed by atoms with Crippen LogP contribution in [0.1, 0.15) is 13.3 Å². The molecule has 19 heavy (non-hydrogen) atoms. The van der Waals surface area contributed by atoms with Gasteiger partial charge in [-0.05, 0) is 35.9 Å². The Labute approximate surface area is 112 Å². The molecule has 1 aliphatic rings. The number of fused-ring (bicyclic) bond motifs is 1. The number of aromatic hydroxyl groups is 1. The molecule has 2 unspecified atom stereocenters. The fourth-order valence-electron chi connectivity index (χ4n) is 2.97. The Kier molecular flexibility index (Phi) is 3.03. The first-order valence-electron chi connectivity index (χ1n) is 6.72. The van der Waals surface area contributed by atoms with Crippen molar-refractivity contribution in [1.29, 1.82) is 0 Å². The lowest BCUT2D eigenvalue weighted by Crippen LogP contribution is -2.46. The first-order chi connectivity index (χ1) is 9.13. The van der Waals surface area contributed by atoms with Gasteiger partial charge in [0, 0.05) is 30.7 Å². The van der Waals surface area contributed by atoms with Gasteiger partial charge in [0.15, 0.2) is 0 Å². The van der Waals surface area contributed by atoms with Gasteiger partial charge in [-0.15, -0.1) is 0 Å². The molecule has 0 amide bonds. The second kappa shape index (κ2) is 4.70. The molecule has 4 heteroatoms. The molecule has 1 fully saturated rings. The third-order valence-corrected chi connectivity index (χ3v) is 3.72. The van der Waals surface area contributed by atoms with Crippen molar-refractivity contribution in [3.8, 4) is 5.75 Å². The summed E-state index contributed by atoms with van der Waals surface area (Å²) in [6.45, 7) is 4.01. The lowest BCUT2D eigenvalue weighted by atomic mass is 9.96. The maximum atomic E-state index is 9.69. The molecule has 2 aromatic rings. The van der Waals surface area contributed by atoms with Crippen LogP contribution in [-0.4, -0.2) is 29.2 Å². The Morgan fingerprint density at radius 3 is 2.95 bits per heavy atom. The number of hydrogen-bond acceptors (Lipinski definition) is 4. The Hall–Kier alpha value is -1.81. The van der Waals surface area contributed by atoms with Gasteiger partial charge < -0.3 is 15.7 Å². The van der Waals surface area contributed by atoms with Gasteiger partial charge >= 0.3 is 0 Å². The number of phenolic OH excluding ortho intramolecular Hbond substituents is 1. The number of benzene rings is 1. The summed E-state index contributed by atoms with van der Waals surface area (Å²) in [7, 11) is 0. The van der Waals surface area contributed by atoms with E-state index in [2.05, 4.69) is 16.8 Å². The average molecular weight is 257 g/mol. The molecule has 1 aromatic carbocycles. The van der Waals surface area contributed by atoms with Crippen molar-refractivity contribution in [2.75, 3.05) is 18.0 Å². The van der Waals surface area contributed by atoms with Crippen molar-refractivity contribution >= 4 is 16.6 Å². The first-order valence-corrected chi connectivity index (χ1v) is 6.72. The predicted molar refractivity (Wildman–Crippen MR) is 77.4 cm³/mol. The molecule has 1 aliphatic heterocycles. The smallest absolute Gasteiger partial charge is 0.136 e. The third-order valence-electron chi connectivity index (χ3n) is 3.72. The largest absolute Gasteiger partial charge is 0.508 e. The number of piperidine rings is 1. The SMILES string of the molecule is CC1CC(N)CN(c2nccc3ccc(O)cc23)C1. The van der Waals surface area contributed by atoms with Gasteiger partial charge in [0.05, 0.1) is 0 Å². The number of nitrogens with two attached hydrogens (primary N) is 1. The maximum Gasteiger partial charge on any atom is 0.136 e. The Morgan fingerprint density at radius 1 is 1.32 bits per heavy atom. The summed E-state index contributed by atoms with van der Waals surface area (Å²) in [5, 5.41) is 11.8. The minimum atomic E-state index is 0.193. The van der Waals surface area contributed by atoms with Crippen molar-refractivity contribution in [1.82, 2.24) is 4.98 Å². The second-order valence-electron chi connectivity index (χ2n) is 5.55. The van der Waals surface area contributed by atoms with Crippen LogP contribution >= 0.6 is 0 Å². The number of pyridine rings is 1. The molecule has 2 heterocycles. The molecular weight excluding hydrogens is 238 g/mol. The number of rotatable bonds is 1. The normalized spacial score (nSPS) is 23.8. The summed E-state index contributed by atoms with van der Waals surface area (Å²) >= 11 is 0. The number of hydrogen-bond donors (Lipinski definition) is 2. The summed E-state index contributed by atoms with van der Waals surface area (Å²) in [6.07, 6.45) is 2.88. The number of phenols is 1. The van der Waals surface area contributed by atoms with E-state index in [4.69, 9.17) is 5.73 Å². The number of anilines is 1. The fraction of sp³-hybridized carbons (Fsp3) is 0.400. The minimum Gasteiger partial charge on any atom is -0.508 e. The van der Waals surface area contributed by atoms with Crippen molar-refractivity contribution in [3.63, 3.8) is 0 Å². The summed E-state index contributed by atoms with van der Waals surface area (Å²) in [5.41, 5.74) is 6.11. The van der Waals surface area contributed by atoms with Gasteiger partial charge in [0.1, 0.15) is 11.6 Å². The van der Waals surface area contributed by atoms with Gasteiger partial charge in [0.2, 0.25) is 0 Å². The van der Waals surface area contributed by atoms with E-state index in [0.717, 1.165) is 36.1 Å². The van der Waals surface area contributed by atoms with E-state index in [1.165, 1.54) is 0 Å². The second-order valence-corrected chi connectivity index (χ2v) is 5.55. The summed E-state index contributed by atoms with van der Waals surface area (Å²) in [4.78, 5) is 6.74. The van der Waals surface area contributed by atoms with E-state index in [1.54, 1.807) is 12.1 Å². The lowest BCUT2D eigenvalue weighted by Gasteiger charge is -2.36. The average Bonchev–Trinajstić information content (AvgIpc) is 2.36. The van der Waals surface area contributed by atoms with E-state index in [9.17, 15) is 5.11 Å². The quantitative estimate of drug-likeness (QED) is 0.821. The van der Waals surface area contributed by atoms with Crippen LogP contribution in [0.25, 0.3) is 10.8 Å². The molecule has 0 spiro atoms. The molecule has 1 aromatic heterocycles. The molecule has 1 saturated heterocycles. The lowest BCUT2D eigenvalue weighted by molar-refractivity contribution is 0.400. The molecule has 0 bridgehead atoms. The van der Waals surface area contributed by atoms with Gasteiger partial charge in [-0.2, -0.15) is 0 Å². The minimum absolute atomic E-state index is 0.193. The van der Waals surface area contributed by atoms with Gasteiger partial charge in [-0.25, -0.2) is 4.98 Å². The highest BCUT2D eigenvalue weighted by molar-refractivity contribution is 5.93. The standard InChI is InChI=1S/C15H19N3O/c1-10-6-12(16)9-18(8-10)15-14-7-13(19)3-2-11(14)4-5-17-15/h2-5,7,10,12,19H,6,8-9,16H2,1H3. The van der Waals surface area contributed by atoms with E-state index in [-0.39, 0.29) is 11.8 Å². The Bertz CT molecular complexity index is 589. The summed E-state index contributed by atoms with van der Waals surface area (Å²) < 4.78 is 0. The number of nitrogens with zero attached hydrogens (tertiary/aromatic N) is 2. The molecular formula is C15H19N3O. The molecule has 0 saturated carbocycles. The van der Waals surface area contributed by atoms with Gasteiger partial charge in [-0.1, -0.05) is 13.0 Å². The monoisotopic (exact) mass is 257 g/mol. The number of aromatic nitrogens is 1. The van der Waals surface area contributed by atoms with E-state index < -0.39 is 0 Å². The fourth-order valence-corrected chi connectivity index (χ4v) is 2.97. The van der Waals surface area contributed by atoms with Crippen LogP contribution in [0.3, 0.4) is 0 Å². The molecule has 0 radical (unpaired) electrons. The van der Waals surface area contributed by atoms with E-state index in [1.807, 2.05) is 18.3 Å². The molecule has 3 N–H and O–H groups in total. The van der Waals surface area contributed by atoms with E-state index in [0.29, 0.717) is 5.92 Å². The van der Waals surface area contributed by atoms with Crippen molar-refractivity contribution in [2.45, 2.75) is 19.4 Å². The highest BCUT2D eigenvalue weighted by Gasteiger charge is 2.24. The van der Waals surface area contributed by atoms with Crippen LogP contribution in [0.4, 0.5) is 5.82 Å². The predicted octanol–water partition coefficient (Wildman–Crippen LogP) is 2.11. The zero-order valence-corrected chi connectivity index (χ0v) is 11.1. The highest BCUT2D eigenvalue weighted by atomic mass is 16.3. The van der Waals surface area contributed by atoms with Crippen LogP contribution in [-0.2, 0) is 0 Å². The Balaban J connectivity index is 2.06. The van der Waals surface area contributed by atoms with Crippen molar-refractivity contribution in [3.05, 3.63) is 30.5 Å². The zero-order valence-electron chi connectivity index (χ0n) is 11.1.